The topological polar surface area (TPSA) is 29.0 Å². The SMILES string of the molecule is CC.Cc1ncc2c(n1)CCN(C)C2. The lowest BCUT2D eigenvalue weighted by Gasteiger charge is -2.23. The molecule has 0 unspecified atom stereocenters. The van der Waals surface area contributed by atoms with Gasteiger partial charge in [0.2, 0.25) is 0 Å². The highest BCUT2D eigenvalue weighted by Gasteiger charge is 2.13. The normalized spacial score (nSPS) is 15.4. The summed E-state index contributed by atoms with van der Waals surface area (Å²) in [5, 5.41) is 0. The van der Waals surface area contributed by atoms with E-state index in [9.17, 15) is 0 Å². The van der Waals surface area contributed by atoms with E-state index in [0.717, 1.165) is 25.3 Å². The molecule has 0 aromatic carbocycles. The van der Waals surface area contributed by atoms with Gasteiger partial charge >= 0.3 is 0 Å². The first-order valence-corrected chi connectivity index (χ1v) is 5.25. The Kier molecular flexibility index (Phi) is 4.01. The van der Waals surface area contributed by atoms with Crippen LogP contribution in [0.4, 0.5) is 0 Å². The first-order chi connectivity index (χ1) is 6.75. The molecule has 14 heavy (non-hydrogen) atoms. The maximum atomic E-state index is 4.41. The van der Waals surface area contributed by atoms with E-state index in [2.05, 4.69) is 21.9 Å². The maximum Gasteiger partial charge on any atom is 0.125 e. The molecule has 0 saturated carbocycles. The second-order valence-electron chi connectivity index (χ2n) is 3.38. The Morgan fingerprint density at radius 1 is 1.36 bits per heavy atom. The molecule has 0 aliphatic carbocycles. The fraction of sp³-hybridized carbons (Fsp3) is 0.636. The van der Waals surface area contributed by atoms with Gasteiger partial charge in [-0.2, -0.15) is 0 Å². The minimum atomic E-state index is 0.887. The average Bonchev–Trinajstić information content (AvgIpc) is 2.21. The fourth-order valence-electron chi connectivity index (χ4n) is 1.56. The number of aryl methyl sites for hydroxylation is 1. The summed E-state index contributed by atoms with van der Waals surface area (Å²) >= 11 is 0. The van der Waals surface area contributed by atoms with E-state index in [-0.39, 0.29) is 0 Å². The minimum Gasteiger partial charge on any atom is -0.302 e. The lowest BCUT2D eigenvalue weighted by Crippen LogP contribution is -2.27. The van der Waals surface area contributed by atoms with E-state index in [4.69, 9.17) is 0 Å². The number of likely N-dealkylation sites (N-methyl/N-ethyl adjacent to an activating group) is 1. The van der Waals surface area contributed by atoms with Crippen LogP contribution in [0.2, 0.25) is 0 Å². The van der Waals surface area contributed by atoms with Crippen molar-refractivity contribution in [2.75, 3.05) is 13.6 Å². The third-order valence-corrected chi connectivity index (χ3v) is 2.25. The van der Waals surface area contributed by atoms with E-state index < -0.39 is 0 Å². The van der Waals surface area contributed by atoms with Gasteiger partial charge in [-0.05, 0) is 14.0 Å². The zero-order valence-electron chi connectivity index (χ0n) is 9.54. The van der Waals surface area contributed by atoms with Crippen molar-refractivity contribution < 1.29 is 0 Å². The second kappa shape index (κ2) is 5.05. The van der Waals surface area contributed by atoms with Crippen molar-refractivity contribution in [2.45, 2.75) is 33.7 Å². The number of rotatable bonds is 0. The molecule has 78 valence electrons. The van der Waals surface area contributed by atoms with Gasteiger partial charge in [0.25, 0.3) is 0 Å². The lowest BCUT2D eigenvalue weighted by atomic mass is 10.1. The zero-order chi connectivity index (χ0) is 10.6. The van der Waals surface area contributed by atoms with E-state index >= 15 is 0 Å². The van der Waals surface area contributed by atoms with E-state index in [1.165, 1.54) is 11.3 Å². The van der Waals surface area contributed by atoms with Crippen LogP contribution in [0.25, 0.3) is 0 Å². The predicted molar refractivity (Wildman–Crippen MR) is 58.2 cm³/mol. The van der Waals surface area contributed by atoms with Crippen LogP contribution in [0, 0.1) is 6.92 Å². The van der Waals surface area contributed by atoms with Crippen LogP contribution in [-0.2, 0) is 13.0 Å². The van der Waals surface area contributed by atoms with Gasteiger partial charge in [-0.25, -0.2) is 9.97 Å². The van der Waals surface area contributed by atoms with E-state index in [0.29, 0.717) is 0 Å². The Morgan fingerprint density at radius 2 is 2.07 bits per heavy atom. The Hall–Kier alpha value is -0.960. The van der Waals surface area contributed by atoms with Crippen molar-refractivity contribution in [3.05, 3.63) is 23.3 Å². The molecular formula is C11H19N3. The number of nitrogens with zero attached hydrogens (tertiary/aromatic N) is 3. The van der Waals surface area contributed by atoms with Crippen molar-refractivity contribution in [1.29, 1.82) is 0 Å². The smallest absolute Gasteiger partial charge is 0.125 e. The van der Waals surface area contributed by atoms with Crippen LogP contribution in [0.3, 0.4) is 0 Å². The van der Waals surface area contributed by atoms with Crippen LogP contribution in [0.1, 0.15) is 30.9 Å². The molecule has 0 radical (unpaired) electrons. The molecule has 0 fully saturated rings. The fourth-order valence-corrected chi connectivity index (χ4v) is 1.56. The zero-order valence-corrected chi connectivity index (χ0v) is 9.54. The summed E-state index contributed by atoms with van der Waals surface area (Å²) in [6.45, 7) is 8.05. The molecule has 2 heterocycles. The second-order valence-corrected chi connectivity index (χ2v) is 3.38. The van der Waals surface area contributed by atoms with Gasteiger partial charge in [0.05, 0.1) is 0 Å². The summed E-state index contributed by atoms with van der Waals surface area (Å²) in [4.78, 5) is 10.9. The molecule has 2 rings (SSSR count). The van der Waals surface area contributed by atoms with E-state index in [1.54, 1.807) is 0 Å². The molecule has 0 bridgehead atoms. The Balaban J connectivity index is 0.000000461. The largest absolute Gasteiger partial charge is 0.302 e. The average molecular weight is 193 g/mol. The van der Waals surface area contributed by atoms with Crippen LogP contribution in [0.15, 0.2) is 6.20 Å². The lowest BCUT2D eigenvalue weighted by molar-refractivity contribution is 0.308. The summed E-state index contributed by atoms with van der Waals surface area (Å²) in [5.41, 5.74) is 2.52. The molecular weight excluding hydrogens is 174 g/mol. The molecule has 1 aromatic heterocycles. The summed E-state index contributed by atoms with van der Waals surface area (Å²) in [7, 11) is 2.13. The molecule has 0 amide bonds. The maximum absolute atomic E-state index is 4.41. The van der Waals surface area contributed by atoms with Crippen LogP contribution in [0.5, 0.6) is 0 Å². The third-order valence-electron chi connectivity index (χ3n) is 2.25. The summed E-state index contributed by atoms with van der Waals surface area (Å²) in [5.74, 6) is 0.887. The van der Waals surface area contributed by atoms with Gasteiger partial charge in [-0.1, -0.05) is 13.8 Å². The predicted octanol–water partition coefficient (Wildman–Crippen LogP) is 1.80. The molecule has 1 aliphatic heterocycles. The Labute approximate surface area is 86.2 Å². The summed E-state index contributed by atoms with van der Waals surface area (Å²) < 4.78 is 0. The molecule has 0 saturated heterocycles. The highest BCUT2D eigenvalue weighted by molar-refractivity contribution is 5.19. The minimum absolute atomic E-state index is 0.887. The molecule has 0 spiro atoms. The summed E-state index contributed by atoms with van der Waals surface area (Å²) in [6.07, 6.45) is 3.02. The quantitative estimate of drug-likeness (QED) is 0.629. The van der Waals surface area contributed by atoms with Crippen molar-refractivity contribution in [1.82, 2.24) is 14.9 Å². The van der Waals surface area contributed by atoms with E-state index in [1.807, 2.05) is 27.0 Å². The molecule has 1 aromatic rings. The summed E-state index contributed by atoms with van der Waals surface area (Å²) in [6, 6.07) is 0. The van der Waals surface area contributed by atoms with Gasteiger partial charge in [0, 0.05) is 37.0 Å². The van der Waals surface area contributed by atoms with Crippen molar-refractivity contribution in [2.24, 2.45) is 0 Å². The Bertz CT molecular complexity index is 297. The molecule has 3 heteroatoms. The van der Waals surface area contributed by atoms with Gasteiger partial charge < -0.3 is 4.90 Å². The third kappa shape index (κ3) is 2.51. The van der Waals surface area contributed by atoms with Gasteiger partial charge in [0.15, 0.2) is 0 Å². The number of hydrogen-bond acceptors (Lipinski definition) is 3. The van der Waals surface area contributed by atoms with Crippen LogP contribution >= 0.6 is 0 Å². The van der Waals surface area contributed by atoms with Crippen molar-refractivity contribution >= 4 is 0 Å². The first kappa shape index (κ1) is 11.1. The number of fused-ring (bicyclic) bond motifs is 1. The Morgan fingerprint density at radius 3 is 2.79 bits per heavy atom. The molecule has 0 atom stereocenters. The van der Waals surface area contributed by atoms with Crippen LogP contribution < -0.4 is 0 Å². The van der Waals surface area contributed by atoms with Gasteiger partial charge in [0.1, 0.15) is 5.82 Å². The van der Waals surface area contributed by atoms with Gasteiger partial charge in [-0.15, -0.1) is 0 Å². The molecule has 0 N–H and O–H groups in total. The van der Waals surface area contributed by atoms with Crippen molar-refractivity contribution in [3.63, 3.8) is 0 Å². The van der Waals surface area contributed by atoms with Crippen LogP contribution in [-0.4, -0.2) is 28.5 Å². The number of aromatic nitrogens is 2. The molecule has 1 aliphatic rings. The standard InChI is InChI=1S/C9H13N3.C2H6/c1-7-10-5-8-6-12(2)4-3-9(8)11-7;1-2/h5H,3-4,6H2,1-2H3;1-2H3. The van der Waals surface area contributed by atoms with Gasteiger partial charge in [-0.3, -0.25) is 0 Å². The highest BCUT2D eigenvalue weighted by Crippen LogP contribution is 2.14. The first-order valence-electron chi connectivity index (χ1n) is 5.25. The molecule has 3 nitrogen and oxygen atoms in total. The number of hydrogen-bond donors (Lipinski definition) is 0. The highest BCUT2D eigenvalue weighted by atomic mass is 15.1. The monoisotopic (exact) mass is 193 g/mol. The van der Waals surface area contributed by atoms with Crippen molar-refractivity contribution in [3.8, 4) is 0 Å².